The number of anilines is 1. The molecule has 1 fully saturated rings. The van der Waals surface area contributed by atoms with Crippen molar-refractivity contribution < 1.29 is 4.74 Å². The molecule has 2 aliphatic heterocycles. The van der Waals surface area contributed by atoms with Crippen molar-refractivity contribution in [2.75, 3.05) is 18.5 Å². The zero-order valence-corrected chi connectivity index (χ0v) is 11.9. The monoisotopic (exact) mass is 289 g/mol. The molecule has 104 valence electrons. The third-order valence-electron chi connectivity index (χ3n) is 3.99. The summed E-state index contributed by atoms with van der Waals surface area (Å²) in [7, 11) is 0. The van der Waals surface area contributed by atoms with Crippen LogP contribution in [0.25, 0.3) is 5.69 Å². The molecule has 2 aliphatic rings. The highest BCUT2D eigenvalue weighted by Gasteiger charge is 2.30. The van der Waals surface area contributed by atoms with E-state index in [0.29, 0.717) is 0 Å². The molecule has 1 aromatic heterocycles. The van der Waals surface area contributed by atoms with Gasteiger partial charge in [-0.05, 0) is 43.5 Å². The summed E-state index contributed by atoms with van der Waals surface area (Å²) in [4.78, 5) is 0. The lowest BCUT2D eigenvalue weighted by Gasteiger charge is -2.08. The zero-order valence-electron chi connectivity index (χ0n) is 11.1. The highest BCUT2D eigenvalue weighted by molar-refractivity contribution is 6.30. The predicted octanol–water partition coefficient (Wildman–Crippen LogP) is 3.35. The number of fused-ring (bicyclic) bond motifs is 1. The normalized spacial score (nSPS) is 20.9. The topological polar surface area (TPSA) is 39.1 Å². The minimum Gasteiger partial charge on any atom is -0.372 e. The van der Waals surface area contributed by atoms with Crippen LogP contribution in [0.3, 0.4) is 0 Å². The lowest BCUT2D eigenvalue weighted by atomic mass is 10.1. The summed E-state index contributed by atoms with van der Waals surface area (Å²) in [5.74, 6) is 1.11. The largest absolute Gasteiger partial charge is 0.372 e. The number of rotatable bonds is 2. The van der Waals surface area contributed by atoms with Crippen LogP contribution < -0.4 is 5.32 Å². The van der Waals surface area contributed by atoms with Gasteiger partial charge in [-0.2, -0.15) is 5.10 Å². The van der Waals surface area contributed by atoms with E-state index < -0.39 is 0 Å². The molecule has 0 aliphatic carbocycles. The highest BCUT2D eigenvalue weighted by Crippen LogP contribution is 2.37. The molecule has 0 amide bonds. The molecule has 1 saturated heterocycles. The van der Waals surface area contributed by atoms with Gasteiger partial charge in [-0.15, -0.1) is 0 Å². The zero-order chi connectivity index (χ0) is 13.5. The van der Waals surface area contributed by atoms with E-state index in [1.807, 2.05) is 28.9 Å². The van der Waals surface area contributed by atoms with E-state index in [-0.39, 0.29) is 6.10 Å². The lowest BCUT2D eigenvalue weighted by molar-refractivity contribution is 0.107. The first-order chi connectivity index (χ1) is 9.83. The van der Waals surface area contributed by atoms with Crippen LogP contribution in [0.5, 0.6) is 0 Å². The maximum absolute atomic E-state index is 5.96. The van der Waals surface area contributed by atoms with Crippen molar-refractivity contribution in [2.45, 2.75) is 25.4 Å². The van der Waals surface area contributed by atoms with Crippen LogP contribution in [0.4, 0.5) is 5.82 Å². The Morgan fingerprint density at radius 2 is 2.15 bits per heavy atom. The van der Waals surface area contributed by atoms with Crippen LogP contribution in [0.1, 0.15) is 30.2 Å². The first-order valence-electron chi connectivity index (χ1n) is 7.06. The minimum atomic E-state index is 0.164. The quantitative estimate of drug-likeness (QED) is 0.921. The van der Waals surface area contributed by atoms with Crippen molar-refractivity contribution in [1.29, 1.82) is 0 Å². The number of nitrogens with zero attached hydrogens (tertiary/aromatic N) is 2. The van der Waals surface area contributed by atoms with Gasteiger partial charge in [-0.1, -0.05) is 11.6 Å². The summed E-state index contributed by atoms with van der Waals surface area (Å²) in [6.45, 7) is 1.82. The molecule has 20 heavy (non-hydrogen) atoms. The second-order valence-corrected chi connectivity index (χ2v) is 5.72. The minimum absolute atomic E-state index is 0.164. The van der Waals surface area contributed by atoms with Gasteiger partial charge in [0.25, 0.3) is 0 Å². The number of ether oxygens (including phenoxy) is 1. The number of hydrogen-bond acceptors (Lipinski definition) is 3. The summed E-state index contributed by atoms with van der Waals surface area (Å²) >= 11 is 5.96. The van der Waals surface area contributed by atoms with Crippen molar-refractivity contribution in [3.63, 3.8) is 0 Å². The van der Waals surface area contributed by atoms with Crippen molar-refractivity contribution in [1.82, 2.24) is 9.78 Å². The molecule has 0 spiro atoms. The number of aromatic nitrogens is 2. The van der Waals surface area contributed by atoms with E-state index in [4.69, 9.17) is 21.4 Å². The second-order valence-electron chi connectivity index (χ2n) is 5.28. The summed E-state index contributed by atoms with van der Waals surface area (Å²) in [6, 6.07) is 7.78. The van der Waals surface area contributed by atoms with Crippen molar-refractivity contribution in [3.05, 3.63) is 40.5 Å². The summed E-state index contributed by atoms with van der Waals surface area (Å²) < 4.78 is 7.79. The first kappa shape index (κ1) is 12.2. The molecule has 0 saturated carbocycles. The molecular weight excluding hydrogens is 274 g/mol. The number of nitrogens with one attached hydrogen (secondary N) is 1. The number of benzene rings is 1. The molecule has 5 heteroatoms. The van der Waals surface area contributed by atoms with Crippen LogP contribution in [0.2, 0.25) is 5.02 Å². The van der Waals surface area contributed by atoms with E-state index in [9.17, 15) is 0 Å². The average molecular weight is 290 g/mol. The Balaban J connectivity index is 1.80. The Bertz CT molecular complexity index is 629. The Morgan fingerprint density at radius 3 is 2.90 bits per heavy atom. The summed E-state index contributed by atoms with van der Waals surface area (Å²) in [5.41, 5.74) is 3.45. The molecule has 4 nitrogen and oxygen atoms in total. The van der Waals surface area contributed by atoms with Gasteiger partial charge in [0, 0.05) is 23.7 Å². The number of halogens is 1. The van der Waals surface area contributed by atoms with Crippen LogP contribution in [0, 0.1) is 0 Å². The fourth-order valence-electron chi connectivity index (χ4n) is 3.02. The molecule has 0 radical (unpaired) electrons. The fraction of sp³-hybridized carbons (Fsp3) is 0.400. The third kappa shape index (κ3) is 1.91. The third-order valence-corrected chi connectivity index (χ3v) is 4.24. The van der Waals surface area contributed by atoms with E-state index in [1.54, 1.807) is 0 Å². The Labute approximate surface area is 122 Å². The highest BCUT2D eigenvalue weighted by atomic mass is 35.5. The van der Waals surface area contributed by atoms with Crippen LogP contribution in [-0.2, 0) is 11.2 Å². The van der Waals surface area contributed by atoms with Gasteiger partial charge >= 0.3 is 0 Å². The van der Waals surface area contributed by atoms with Gasteiger partial charge in [0.05, 0.1) is 11.4 Å². The van der Waals surface area contributed by atoms with Gasteiger partial charge in [0.2, 0.25) is 0 Å². The molecule has 4 rings (SSSR count). The van der Waals surface area contributed by atoms with Crippen LogP contribution in [-0.4, -0.2) is 22.9 Å². The second kappa shape index (κ2) is 4.79. The van der Waals surface area contributed by atoms with Crippen molar-refractivity contribution >= 4 is 17.4 Å². The maximum atomic E-state index is 5.96. The molecule has 1 unspecified atom stereocenters. The maximum Gasteiger partial charge on any atom is 0.133 e. The molecule has 0 bridgehead atoms. The van der Waals surface area contributed by atoms with Crippen molar-refractivity contribution in [2.24, 2.45) is 0 Å². The molecule has 3 heterocycles. The Morgan fingerprint density at radius 1 is 1.30 bits per heavy atom. The SMILES string of the molecule is Clc1ccc(-n2nc(C3CCCO3)c3c2NCC3)cc1. The Kier molecular flexibility index (Phi) is 2.93. The van der Waals surface area contributed by atoms with Gasteiger partial charge < -0.3 is 10.1 Å². The lowest BCUT2D eigenvalue weighted by Crippen LogP contribution is -2.06. The van der Waals surface area contributed by atoms with Gasteiger partial charge in [0.1, 0.15) is 11.9 Å². The van der Waals surface area contributed by atoms with Crippen LogP contribution in [0.15, 0.2) is 24.3 Å². The fourth-order valence-corrected chi connectivity index (χ4v) is 3.15. The molecule has 1 aromatic carbocycles. The van der Waals surface area contributed by atoms with Crippen LogP contribution >= 0.6 is 11.6 Å². The molecule has 1 N–H and O–H groups in total. The van der Waals surface area contributed by atoms with E-state index in [1.165, 1.54) is 5.56 Å². The molecule has 1 atom stereocenters. The van der Waals surface area contributed by atoms with E-state index in [2.05, 4.69) is 5.32 Å². The molecular formula is C15H16ClN3O. The average Bonchev–Trinajstić information content (AvgIpc) is 3.16. The molecule has 2 aromatic rings. The summed E-state index contributed by atoms with van der Waals surface area (Å²) in [5, 5.41) is 8.98. The van der Waals surface area contributed by atoms with Gasteiger partial charge in [0.15, 0.2) is 0 Å². The van der Waals surface area contributed by atoms with Crippen molar-refractivity contribution in [3.8, 4) is 5.69 Å². The number of hydrogen-bond donors (Lipinski definition) is 1. The smallest absolute Gasteiger partial charge is 0.133 e. The predicted molar refractivity (Wildman–Crippen MR) is 78.7 cm³/mol. The van der Waals surface area contributed by atoms with Gasteiger partial charge in [-0.25, -0.2) is 4.68 Å². The standard InChI is InChI=1S/C15H16ClN3O/c16-10-3-5-11(6-4-10)19-15-12(7-8-17-15)14(18-19)13-2-1-9-20-13/h3-6,13,17H,1-2,7-9H2. The van der Waals surface area contributed by atoms with E-state index in [0.717, 1.165) is 54.6 Å². The van der Waals surface area contributed by atoms with E-state index >= 15 is 0 Å². The van der Waals surface area contributed by atoms with Gasteiger partial charge in [-0.3, -0.25) is 0 Å². The first-order valence-corrected chi connectivity index (χ1v) is 7.44. The summed E-state index contributed by atoms with van der Waals surface area (Å²) in [6.07, 6.45) is 3.39. The Hall–Kier alpha value is -1.52.